The van der Waals surface area contributed by atoms with Crippen LogP contribution in [0.5, 0.6) is 12.0 Å². The van der Waals surface area contributed by atoms with Gasteiger partial charge in [-0.05, 0) is 12.1 Å². The van der Waals surface area contributed by atoms with Crippen molar-refractivity contribution in [1.82, 2.24) is 19.7 Å². The SMILES string of the molecule is COc1nc(OC)nc(N(OC)C(=O)NS(=O)(=O)c2ccccc2S(C)(=O)=O)n1. The number of nitrogens with one attached hydrogen (secondary N) is 1. The van der Waals surface area contributed by atoms with E-state index in [1.165, 1.54) is 26.4 Å². The van der Waals surface area contributed by atoms with Gasteiger partial charge in [-0.15, -0.1) is 10.0 Å². The molecule has 1 heterocycles. The predicted molar refractivity (Wildman–Crippen MR) is 97.7 cm³/mol. The second-order valence-corrected chi connectivity index (χ2v) is 8.85. The van der Waals surface area contributed by atoms with Gasteiger partial charge in [0.05, 0.1) is 26.2 Å². The molecule has 2 rings (SSSR count). The predicted octanol–water partition coefficient (Wildman–Crippen LogP) is -0.241. The number of anilines is 1. The lowest BCUT2D eigenvalue weighted by atomic mass is 10.4. The van der Waals surface area contributed by atoms with Gasteiger partial charge in [0, 0.05) is 6.26 Å². The molecule has 0 saturated heterocycles. The molecule has 1 N–H and O–H groups in total. The van der Waals surface area contributed by atoms with Crippen molar-refractivity contribution in [3.8, 4) is 12.0 Å². The highest BCUT2D eigenvalue weighted by atomic mass is 32.2. The first kappa shape index (κ1) is 22.3. The number of rotatable bonds is 7. The normalized spacial score (nSPS) is 11.6. The van der Waals surface area contributed by atoms with Crippen molar-refractivity contribution in [1.29, 1.82) is 0 Å². The molecule has 13 nitrogen and oxygen atoms in total. The average Bonchev–Trinajstić information content (AvgIpc) is 2.67. The minimum Gasteiger partial charge on any atom is -0.467 e. The van der Waals surface area contributed by atoms with Crippen LogP contribution in [0.15, 0.2) is 34.1 Å². The van der Waals surface area contributed by atoms with E-state index in [2.05, 4.69) is 15.0 Å². The van der Waals surface area contributed by atoms with Crippen molar-refractivity contribution in [2.24, 2.45) is 0 Å². The maximum absolute atomic E-state index is 12.6. The van der Waals surface area contributed by atoms with Crippen LogP contribution in [-0.4, -0.2) is 65.4 Å². The third kappa shape index (κ3) is 5.07. The summed E-state index contributed by atoms with van der Waals surface area (Å²) in [5.74, 6) is -0.444. The zero-order valence-corrected chi connectivity index (χ0v) is 17.3. The molecule has 15 heteroatoms. The van der Waals surface area contributed by atoms with Gasteiger partial charge in [0.1, 0.15) is 4.90 Å². The van der Waals surface area contributed by atoms with Crippen LogP contribution < -0.4 is 19.3 Å². The maximum Gasteiger partial charge on any atom is 0.362 e. The number of nitrogens with zero attached hydrogens (tertiary/aromatic N) is 4. The first-order valence-electron chi connectivity index (χ1n) is 7.57. The Hall–Kier alpha value is -3.04. The van der Waals surface area contributed by atoms with E-state index in [1.54, 1.807) is 4.72 Å². The molecule has 158 valence electrons. The number of sulfone groups is 1. The number of urea groups is 1. The zero-order chi connectivity index (χ0) is 21.8. The van der Waals surface area contributed by atoms with Crippen LogP contribution >= 0.6 is 0 Å². The molecule has 1 aromatic heterocycles. The van der Waals surface area contributed by atoms with Crippen LogP contribution in [0.2, 0.25) is 0 Å². The number of amides is 2. The molecule has 0 spiro atoms. The van der Waals surface area contributed by atoms with E-state index in [4.69, 9.17) is 14.3 Å². The summed E-state index contributed by atoms with van der Waals surface area (Å²) in [6.07, 6.45) is 0.841. The Kier molecular flexibility index (Phi) is 6.55. The monoisotopic (exact) mass is 447 g/mol. The third-order valence-electron chi connectivity index (χ3n) is 3.26. The first-order valence-corrected chi connectivity index (χ1v) is 10.9. The molecule has 0 aliphatic carbocycles. The minimum atomic E-state index is -4.60. The fraction of sp³-hybridized carbons (Fsp3) is 0.286. The minimum absolute atomic E-state index is 0.230. The number of hydroxylamine groups is 1. The Morgan fingerprint density at radius 1 is 0.931 bits per heavy atom. The summed E-state index contributed by atoms with van der Waals surface area (Å²) in [6.45, 7) is 0. The van der Waals surface area contributed by atoms with Crippen molar-refractivity contribution in [3.63, 3.8) is 0 Å². The van der Waals surface area contributed by atoms with Crippen LogP contribution in [0, 0.1) is 0 Å². The number of carbonyl (C=O) groups is 1. The van der Waals surface area contributed by atoms with Crippen molar-refractivity contribution in [2.45, 2.75) is 9.79 Å². The number of hydrogen-bond acceptors (Lipinski definition) is 11. The molecule has 0 unspecified atom stereocenters. The standard InChI is InChI=1S/C14H17N5O8S2/c1-25-12-15-11(16-13(17-12)26-2)19(27-3)14(20)18-29(23,24)10-8-6-5-7-9(10)28(4,21)22/h5-8H,1-4H3,(H,18,20). The van der Waals surface area contributed by atoms with E-state index in [9.17, 15) is 21.6 Å². The third-order valence-corrected chi connectivity index (χ3v) is 5.92. The number of benzene rings is 1. The van der Waals surface area contributed by atoms with Crippen LogP contribution in [0.4, 0.5) is 10.7 Å². The molecule has 2 aromatic rings. The number of carbonyl (C=O) groups excluding carboxylic acids is 1. The summed E-state index contributed by atoms with van der Waals surface area (Å²) in [6, 6.07) is 3.01. The van der Waals surface area contributed by atoms with E-state index in [-0.39, 0.29) is 12.0 Å². The van der Waals surface area contributed by atoms with E-state index in [1.807, 2.05) is 0 Å². The molecule has 1 aromatic carbocycles. The second-order valence-electron chi connectivity index (χ2n) is 5.22. The molecule has 29 heavy (non-hydrogen) atoms. The van der Waals surface area contributed by atoms with Crippen molar-refractivity contribution in [2.75, 3.05) is 32.6 Å². The van der Waals surface area contributed by atoms with Crippen LogP contribution in [0.1, 0.15) is 0 Å². The highest BCUT2D eigenvalue weighted by Crippen LogP contribution is 2.21. The van der Waals surface area contributed by atoms with Crippen molar-refractivity contribution < 1.29 is 35.9 Å². The number of aromatic nitrogens is 3. The molecule has 0 atom stereocenters. The zero-order valence-electron chi connectivity index (χ0n) is 15.7. The van der Waals surface area contributed by atoms with Crippen molar-refractivity contribution in [3.05, 3.63) is 24.3 Å². The molecule has 0 bridgehead atoms. The summed E-state index contributed by atoms with van der Waals surface area (Å²) in [5.41, 5.74) is 0. The van der Waals surface area contributed by atoms with Gasteiger partial charge in [-0.25, -0.2) is 26.4 Å². The second kappa shape index (κ2) is 8.54. The first-order chi connectivity index (χ1) is 13.5. The Labute approximate surface area is 166 Å². The summed E-state index contributed by atoms with van der Waals surface area (Å²) in [4.78, 5) is 27.6. The van der Waals surface area contributed by atoms with E-state index >= 15 is 0 Å². The summed E-state index contributed by atoms with van der Waals surface area (Å²) < 4.78 is 60.4. The summed E-state index contributed by atoms with van der Waals surface area (Å²) in [7, 11) is -4.93. The average molecular weight is 447 g/mol. The molecule has 0 aliphatic heterocycles. The van der Waals surface area contributed by atoms with Gasteiger partial charge in [0.15, 0.2) is 9.84 Å². The topological polar surface area (TPSA) is 167 Å². The van der Waals surface area contributed by atoms with Gasteiger partial charge in [0.2, 0.25) is 0 Å². The highest BCUT2D eigenvalue weighted by Gasteiger charge is 2.30. The van der Waals surface area contributed by atoms with Gasteiger partial charge >= 0.3 is 18.1 Å². The van der Waals surface area contributed by atoms with Crippen LogP contribution in [0.3, 0.4) is 0 Å². The number of methoxy groups -OCH3 is 2. The Balaban J connectivity index is 2.43. The van der Waals surface area contributed by atoms with E-state index < -0.39 is 41.6 Å². The van der Waals surface area contributed by atoms with Gasteiger partial charge in [-0.1, -0.05) is 12.1 Å². The molecule has 0 saturated carbocycles. The molecule has 2 amide bonds. The molecular formula is C14H17N5O8S2. The lowest BCUT2D eigenvalue weighted by Gasteiger charge is -2.19. The van der Waals surface area contributed by atoms with Gasteiger partial charge < -0.3 is 9.47 Å². The Bertz CT molecular complexity index is 1100. The summed E-state index contributed by atoms with van der Waals surface area (Å²) in [5, 5.41) is 0.396. The van der Waals surface area contributed by atoms with Gasteiger partial charge in [0.25, 0.3) is 16.0 Å². The van der Waals surface area contributed by atoms with Crippen LogP contribution in [0.25, 0.3) is 0 Å². The van der Waals surface area contributed by atoms with Gasteiger partial charge in [-0.2, -0.15) is 9.97 Å². The fourth-order valence-electron chi connectivity index (χ4n) is 2.05. The van der Waals surface area contributed by atoms with Crippen molar-refractivity contribution >= 4 is 31.8 Å². The fourth-order valence-corrected chi connectivity index (χ4v) is 4.60. The number of hydrogen-bond donors (Lipinski definition) is 1. The number of ether oxygens (including phenoxy) is 2. The maximum atomic E-state index is 12.6. The quantitative estimate of drug-likeness (QED) is 0.556. The lowest BCUT2D eigenvalue weighted by molar-refractivity contribution is 0.161. The van der Waals surface area contributed by atoms with Crippen LogP contribution in [-0.2, 0) is 24.7 Å². The largest absolute Gasteiger partial charge is 0.467 e. The highest BCUT2D eigenvalue weighted by molar-refractivity contribution is 7.93. The van der Waals surface area contributed by atoms with E-state index in [0.717, 1.165) is 25.5 Å². The Morgan fingerprint density at radius 3 is 1.90 bits per heavy atom. The molecular weight excluding hydrogens is 430 g/mol. The van der Waals surface area contributed by atoms with E-state index in [0.29, 0.717) is 5.06 Å². The molecule has 0 fully saturated rings. The molecule has 0 radical (unpaired) electrons. The smallest absolute Gasteiger partial charge is 0.362 e. The summed E-state index contributed by atoms with van der Waals surface area (Å²) >= 11 is 0. The lowest BCUT2D eigenvalue weighted by Crippen LogP contribution is -2.43. The number of sulfonamides is 1. The van der Waals surface area contributed by atoms with Gasteiger partial charge in [-0.3, -0.25) is 4.84 Å². The Morgan fingerprint density at radius 2 is 1.45 bits per heavy atom. The molecule has 0 aliphatic rings.